The predicted molar refractivity (Wildman–Crippen MR) is 97.3 cm³/mol. The van der Waals surface area contributed by atoms with E-state index in [4.69, 9.17) is 16.3 Å². The second-order valence-corrected chi connectivity index (χ2v) is 6.94. The molecule has 1 N–H and O–H groups in total. The van der Waals surface area contributed by atoms with Gasteiger partial charge in [-0.25, -0.2) is 4.98 Å². The van der Waals surface area contributed by atoms with Gasteiger partial charge in [0.2, 0.25) is 0 Å². The van der Waals surface area contributed by atoms with E-state index in [0.29, 0.717) is 17.7 Å². The molecule has 1 unspecified atom stereocenters. The predicted octanol–water partition coefficient (Wildman–Crippen LogP) is 4.73. The Morgan fingerprint density at radius 1 is 1.33 bits per heavy atom. The fourth-order valence-electron chi connectivity index (χ4n) is 3.86. The van der Waals surface area contributed by atoms with Crippen LogP contribution < -0.4 is 4.74 Å². The number of aromatic amines is 1. The van der Waals surface area contributed by atoms with Crippen molar-refractivity contribution < 1.29 is 17.9 Å². The summed E-state index contributed by atoms with van der Waals surface area (Å²) in [5, 5.41) is 1.24. The zero-order valence-electron chi connectivity index (χ0n) is 14.5. The number of methoxy groups -OCH3 is 1. The lowest BCUT2D eigenvalue weighted by Gasteiger charge is -2.37. The van der Waals surface area contributed by atoms with Crippen LogP contribution in [0.15, 0.2) is 36.5 Å². The molecular formula is C19H17ClF3N3O. The second kappa shape index (κ2) is 6.73. The first-order chi connectivity index (χ1) is 12.9. The van der Waals surface area contributed by atoms with E-state index in [0.717, 1.165) is 22.2 Å². The summed E-state index contributed by atoms with van der Waals surface area (Å²) in [6.07, 6.45) is -2.33. The molecule has 0 spiro atoms. The lowest BCUT2D eigenvalue weighted by atomic mass is 9.92. The van der Waals surface area contributed by atoms with E-state index < -0.39 is 18.8 Å². The molecule has 1 aliphatic heterocycles. The summed E-state index contributed by atoms with van der Waals surface area (Å²) < 4.78 is 45.1. The number of H-pyrrole nitrogens is 1. The van der Waals surface area contributed by atoms with E-state index in [-0.39, 0.29) is 11.7 Å². The highest BCUT2D eigenvalue weighted by Gasteiger charge is 2.40. The van der Waals surface area contributed by atoms with Crippen molar-refractivity contribution in [1.29, 1.82) is 0 Å². The van der Waals surface area contributed by atoms with Crippen LogP contribution in [0.5, 0.6) is 5.75 Å². The average molecular weight is 396 g/mol. The SMILES string of the molecule is COc1cnc(Cl)cc1C1c2[nH]c3ccccc3c2CCN1CC(F)(F)F. The monoisotopic (exact) mass is 395 g/mol. The van der Waals surface area contributed by atoms with E-state index >= 15 is 0 Å². The van der Waals surface area contributed by atoms with Gasteiger partial charge in [0.1, 0.15) is 10.9 Å². The standard InChI is InChI=1S/C19H17ClF3N3O/c1-27-15-9-24-16(20)8-13(15)18-17-12(6-7-26(18)10-19(21,22)23)11-4-2-3-5-14(11)25-17/h2-5,8-9,18,25H,6-7,10H2,1H3. The van der Waals surface area contributed by atoms with Crippen LogP contribution in [0.3, 0.4) is 0 Å². The lowest BCUT2D eigenvalue weighted by molar-refractivity contribution is -0.150. The molecule has 0 aliphatic carbocycles. The zero-order chi connectivity index (χ0) is 19.2. The van der Waals surface area contributed by atoms with Crippen molar-refractivity contribution in [2.75, 3.05) is 20.2 Å². The fourth-order valence-corrected chi connectivity index (χ4v) is 4.03. The van der Waals surface area contributed by atoms with E-state index in [1.54, 1.807) is 6.07 Å². The summed E-state index contributed by atoms with van der Waals surface area (Å²) in [4.78, 5) is 8.72. The molecule has 0 bridgehead atoms. The third kappa shape index (κ3) is 3.37. The molecule has 2 aromatic heterocycles. The number of aromatic nitrogens is 2. The zero-order valence-corrected chi connectivity index (χ0v) is 15.2. The number of para-hydroxylation sites is 1. The number of alkyl halides is 3. The number of fused-ring (bicyclic) bond motifs is 3. The van der Waals surface area contributed by atoms with Crippen molar-refractivity contribution in [3.8, 4) is 5.75 Å². The second-order valence-electron chi connectivity index (χ2n) is 6.55. The first-order valence-electron chi connectivity index (χ1n) is 8.47. The first kappa shape index (κ1) is 18.1. The molecule has 0 fully saturated rings. The van der Waals surface area contributed by atoms with Crippen LogP contribution in [0.1, 0.15) is 22.9 Å². The van der Waals surface area contributed by atoms with Gasteiger partial charge in [0.05, 0.1) is 25.9 Å². The van der Waals surface area contributed by atoms with Gasteiger partial charge in [-0.3, -0.25) is 4.90 Å². The summed E-state index contributed by atoms with van der Waals surface area (Å²) >= 11 is 6.06. The van der Waals surface area contributed by atoms with Crippen LogP contribution in [-0.4, -0.2) is 41.2 Å². The van der Waals surface area contributed by atoms with Crippen LogP contribution in [0.25, 0.3) is 10.9 Å². The number of ether oxygens (including phenoxy) is 1. The third-order valence-electron chi connectivity index (χ3n) is 4.90. The first-order valence-corrected chi connectivity index (χ1v) is 8.85. The highest BCUT2D eigenvalue weighted by Crippen LogP contribution is 2.42. The molecule has 0 amide bonds. The molecule has 0 saturated carbocycles. The molecule has 3 heterocycles. The Hall–Kier alpha value is -2.25. The number of hydrogen-bond donors (Lipinski definition) is 1. The van der Waals surface area contributed by atoms with Gasteiger partial charge in [-0.2, -0.15) is 13.2 Å². The van der Waals surface area contributed by atoms with Gasteiger partial charge in [0.25, 0.3) is 0 Å². The molecule has 4 nitrogen and oxygen atoms in total. The number of nitrogens with one attached hydrogen (secondary N) is 1. The topological polar surface area (TPSA) is 41.1 Å². The number of nitrogens with zero attached hydrogens (tertiary/aromatic N) is 2. The number of halogens is 4. The molecule has 3 aromatic rings. The van der Waals surface area contributed by atoms with Gasteiger partial charge in [-0.15, -0.1) is 0 Å². The normalized spacial score (nSPS) is 17.9. The van der Waals surface area contributed by atoms with Crippen LogP contribution in [0, 0.1) is 0 Å². The Labute approximate surface area is 158 Å². The van der Waals surface area contributed by atoms with Gasteiger partial charge in [0.15, 0.2) is 0 Å². The van der Waals surface area contributed by atoms with Crippen molar-refractivity contribution >= 4 is 22.5 Å². The number of rotatable bonds is 3. The van der Waals surface area contributed by atoms with Crippen molar-refractivity contribution in [1.82, 2.24) is 14.9 Å². The summed E-state index contributed by atoms with van der Waals surface area (Å²) in [7, 11) is 1.47. The largest absolute Gasteiger partial charge is 0.495 e. The maximum absolute atomic E-state index is 13.2. The minimum absolute atomic E-state index is 0.209. The number of benzene rings is 1. The Bertz CT molecular complexity index is 986. The maximum Gasteiger partial charge on any atom is 0.401 e. The van der Waals surface area contributed by atoms with Crippen molar-refractivity contribution in [2.45, 2.75) is 18.6 Å². The summed E-state index contributed by atoms with van der Waals surface area (Å²) in [6.45, 7) is -0.738. The van der Waals surface area contributed by atoms with Gasteiger partial charge in [0, 0.05) is 28.7 Å². The van der Waals surface area contributed by atoms with Gasteiger partial charge in [-0.1, -0.05) is 29.8 Å². The number of pyridine rings is 1. The number of hydrogen-bond acceptors (Lipinski definition) is 3. The Kier molecular flexibility index (Phi) is 4.52. The van der Waals surface area contributed by atoms with Gasteiger partial charge < -0.3 is 9.72 Å². The smallest absolute Gasteiger partial charge is 0.401 e. The van der Waals surface area contributed by atoms with Crippen LogP contribution in [0.2, 0.25) is 5.15 Å². The molecule has 4 rings (SSSR count). The molecule has 0 saturated heterocycles. The van der Waals surface area contributed by atoms with E-state index in [2.05, 4.69) is 9.97 Å². The molecule has 142 valence electrons. The van der Waals surface area contributed by atoms with Gasteiger partial charge >= 0.3 is 6.18 Å². The fraction of sp³-hybridized carbons (Fsp3) is 0.316. The van der Waals surface area contributed by atoms with Crippen LogP contribution in [0.4, 0.5) is 13.2 Å². The van der Waals surface area contributed by atoms with Gasteiger partial charge in [-0.05, 0) is 24.1 Å². The van der Waals surface area contributed by atoms with Crippen LogP contribution >= 0.6 is 11.6 Å². The van der Waals surface area contributed by atoms with Crippen molar-refractivity contribution in [2.24, 2.45) is 0 Å². The third-order valence-corrected chi connectivity index (χ3v) is 5.10. The molecule has 1 aromatic carbocycles. The molecular weight excluding hydrogens is 379 g/mol. The molecule has 8 heteroatoms. The van der Waals surface area contributed by atoms with Crippen molar-refractivity contribution in [3.05, 3.63) is 58.5 Å². The quantitative estimate of drug-likeness (QED) is 0.651. The Balaban J connectivity index is 1.92. The molecule has 1 aliphatic rings. The molecule has 1 atom stereocenters. The Morgan fingerprint density at radius 2 is 2.11 bits per heavy atom. The highest BCUT2D eigenvalue weighted by molar-refractivity contribution is 6.29. The summed E-state index contributed by atoms with van der Waals surface area (Å²) in [5.74, 6) is 0.406. The highest BCUT2D eigenvalue weighted by atomic mass is 35.5. The van der Waals surface area contributed by atoms with E-state index in [1.807, 2.05) is 24.3 Å². The lowest BCUT2D eigenvalue weighted by Crippen LogP contribution is -2.42. The minimum atomic E-state index is -4.31. The Morgan fingerprint density at radius 3 is 2.85 bits per heavy atom. The molecule has 0 radical (unpaired) electrons. The van der Waals surface area contributed by atoms with E-state index in [1.165, 1.54) is 18.2 Å². The summed E-state index contributed by atoms with van der Waals surface area (Å²) in [5.41, 5.74) is 3.24. The van der Waals surface area contributed by atoms with Crippen LogP contribution in [-0.2, 0) is 6.42 Å². The maximum atomic E-state index is 13.2. The molecule has 27 heavy (non-hydrogen) atoms. The minimum Gasteiger partial charge on any atom is -0.495 e. The summed E-state index contributed by atoms with van der Waals surface area (Å²) in [6, 6.07) is 8.66. The van der Waals surface area contributed by atoms with Crippen molar-refractivity contribution in [3.63, 3.8) is 0 Å². The average Bonchev–Trinajstić information content (AvgIpc) is 2.98. The van der Waals surface area contributed by atoms with E-state index in [9.17, 15) is 13.2 Å².